The van der Waals surface area contributed by atoms with E-state index in [0.717, 1.165) is 0 Å². The molecule has 8 nitrogen and oxygen atoms in total. The van der Waals surface area contributed by atoms with Gasteiger partial charge in [0.25, 0.3) is 10.2 Å². The van der Waals surface area contributed by atoms with Gasteiger partial charge in [-0.2, -0.15) is 0 Å². The van der Waals surface area contributed by atoms with Crippen LogP contribution in [0.15, 0.2) is 0 Å². The quantitative estimate of drug-likeness (QED) is 0.240. The molecule has 9 heteroatoms. The van der Waals surface area contributed by atoms with E-state index in [1.807, 2.05) is 0 Å². The summed E-state index contributed by atoms with van der Waals surface area (Å²) in [6.07, 6.45) is 0. The Hall–Kier alpha value is -1.07. The smallest absolute Gasteiger partial charge is 0.291 e. The summed E-state index contributed by atoms with van der Waals surface area (Å²) in [7, 11) is 0. The van der Waals surface area contributed by atoms with Crippen molar-refractivity contribution in [1.82, 2.24) is 0 Å². The van der Waals surface area contributed by atoms with Crippen LogP contribution in [-0.4, -0.2) is 37.9 Å². The van der Waals surface area contributed by atoms with Crippen molar-refractivity contribution in [2.75, 3.05) is 0 Å². The summed E-state index contributed by atoms with van der Waals surface area (Å²) in [5.41, 5.74) is 0. The highest BCUT2D eigenvalue weighted by Crippen LogP contribution is 1.38. The lowest BCUT2D eigenvalue weighted by Crippen LogP contribution is -1.81. The largest absolute Gasteiger partial charge is 0.328 e. The van der Waals surface area contributed by atoms with Crippen molar-refractivity contribution in [3.05, 3.63) is 20.2 Å². The minimum Gasteiger partial charge on any atom is -0.328 e. The van der Waals surface area contributed by atoms with Crippen molar-refractivity contribution in [3.8, 4) is 0 Å². The highest BCUT2D eigenvalue weighted by atomic mass is 27.0. The molecule has 0 aromatic heterocycles. The maximum atomic E-state index is 8.36. The monoisotopic (exact) mass is 156 g/mol. The lowest BCUT2D eigenvalue weighted by molar-refractivity contribution is -0.742. The van der Waals surface area contributed by atoms with Gasteiger partial charge in [-0.3, -0.25) is 0 Å². The molecular formula is H5AlN2O6. The second-order valence-electron chi connectivity index (χ2n) is 0.476. The van der Waals surface area contributed by atoms with E-state index in [2.05, 4.69) is 0 Å². The third kappa shape index (κ3) is 148. The van der Waals surface area contributed by atoms with Gasteiger partial charge < -0.3 is 10.4 Å². The minimum atomic E-state index is -1.50. The first-order valence-corrected chi connectivity index (χ1v) is 1.13. The molecule has 0 spiro atoms. The molecule has 0 aliphatic heterocycles. The molecule has 0 aromatic rings. The maximum Gasteiger partial charge on any atom is 0.291 e. The van der Waals surface area contributed by atoms with Crippen molar-refractivity contribution in [2.45, 2.75) is 0 Å². The van der Waals surface area contributed by atoms with Gasteiger partial charge in [-0.05, 0) is 0 Å². The molecule has 0 aromatic carbocycles. The molecule has 0 unspecified atom stereocenters. The van der Waals surface area contributed by atoms with Crippen molar-refractivity contribution in [2.24, 2.45) is 0 Å². The van der Waals surface area contributed by atoms with Crippen LogP contribution in [0.3, 0.4) is 0 Å². The number of nitrogens with zero attached hydrogens (tertiary/aromatic N) is 2. The Balaban J connectivity index is -0.0000000720. The molecule has 9 heavy (non-hydrogen) atoms. The zero-order chi connectivity index (χ0) is 7.15. The van der Waals surface area contributed by atoms with Gasteiger partial charge in [-0.25, -0.2) is 0 Å². The average molecular weight is 156 g/mol. The fourth-order valence-electron chi connectivity index (χ4n) is 0. The molecule has 54 valence electrons. The zero-order valence-corrected chi connectivity index (χ0v) is 3.42. The van der Waals surface area contributed by atoms with Crippen molar-refractivity contribution < 1.29 is 20.6 Å². The van der Waals surface area contributed by atoms with Crippen LogP contribution in [0.2, 0.25) is 0 Å². The third-order valence-electron chi connectivity index (χ3n) is 0. The standard InChI is InChI=1S/Al.2HNO3.3H/c;2*2-1(3)4;;;/h;2*(H,2,3,4);;;. The van der Waals surface area contributed by atoms with Gasteiger partial charge >= 0.3 is 0 Å². The van der Waals surface area contributed by atoms with Crippen LogP contribution in [-0.2, 0) is 0 Å². The first-order chi connectivity index (χ1) is 3.46. The van der Waals surface area contributed by atoms with E-state index in [1.54, 1.807) is 0 Å². The van der Waals surface area contributed by atoms with E-state index < -0.39 is 10.2 Å². The van der Waals surface area contributed by atoms with Gasteiger partial charge in [0, 0.05) is 0 Å². The molecule has 0 aliphatic carbocycles. The van der Waals surface area contributed by atoms with Crippen LogP contribution in [0.5, 0.6) is 0 Å². The van der Waals surface area contributed by atoms with E-state index in [-0.39, 0.29) is 17.4 Å². The minimum absolute atomic E-state index is 0. The second-order valence-corrected chi connectivity index (χ2v) is 0.476. The molecule has 0 fully saturated rings. The summed E-state index contributed by atoms with van der Waals surface area (Å²) in [6.45, 7) is 0. The number of rotatable bonds is 0. The van der Waals surface area contributed by atoms with Crippen molar-refractivity contribution in [1.29, 1.82) is 0 Å². The van der Waals surface area contributed by atoms with E-state index >= 15 is 0 Å². The average Bonchev–Trinajstić information content (AvgIpc) is 1.25. The van der Waals surface area contributed by atoms with E-state index in [1.165, 1.54) is 0 Å². The summed E-state index contributed by atoms with van der Waals surface area (Å²) < 4.78 is 0. The molecule has 2 N–H and O–H groups in total. The Morgan fingerprint density at radius 2 is 1.00 bits per heavy atom. The lowest BCUT2D eigenvalue weighted by Gasteiger charge is -1.56. The van der Waals surface area contributed by atoms with Gasteiger partial charge in [0.05, 0.1) is 0 Å². The van der Waals surface area contributed by atoms with Crippen LogP contribution >= 0.6 is 0 Å². The lowest BCUT2D eigenvalue weighted by atomic mass is 13.1. The summed E-state index contributed by atoms with van der Waals surface area (Å²) in [5, 5.41) is 27.3. The fraction of sp³-hybridized carbons (Fsp3) is 0. The van der Waals surface area contributed by atoms with E-state index in [9.17, 15) is 0 Å². The molecule has 0 heterocycles. The Kier molecular flexibility index (Phi) is 17.5. The predicted molar refractivity (Wildman–Crippen MR) is 27.5 cm³/mol. The SMILES string of the molecule is O=[N+]([O-])O.O=[N+]([O-])O.[AlH3]. The van der Waals surface area contributed by atoms with E-state index in [0.29, 0.717) is 0 Å². The molecule has 0 saturated carbocycles. The third-order valence-corrected chi connectivity index (χ3v) is 0. The summed E-state index contributed by atoms with van der Waals surface area (Å²) in [4.78, 5) is 16.7. The topological polar surface area (TPSA) is 127 Å². The van der Waals surface area contributed by atoms with Gasteiger partial charge in [-0.1, -0.05) is 0 Å². The summed E-state index contributed by atoms with van der Waals surface area (Å²) in [5.74, 6) is 0. The van der Waals surface area contributed by atoms with Crippen molar-refractivity contribution >= 4 is 17.4 Å². The highest BCUT2D eigenvalue weighted by molar-refractivity contribution is 5.75. The summed E-state index contributed by atoms with van der Waals surface area (Å²) in [6, 6.07) is 0. The molecule has 0 atom stereocenters. The molecule has 0 saturated heterocycles. The number of hydrogen-bond donors (Lipinski definition) is 2. The molecule has 0 aliphatic rings. The van der Waals surface area contributed by atoms with Crippen molar-refractivity contribution in [3.63, 3.8) is 0 Å². The highest BCUT2D eigenvalue weighted by Gasteiger charge is 1.65. The fourth-order valence-corrected chi connectivity index (χ4v) is 0. The summed E-state index contributed by atoms with van der Waals surface area (Å²) >= 11 is 0. The van der Waals surface area contributed by atoms with Crippen LogP contribution in [0.4, 0.5) is 0 Å². The Morgan fingerprint density at radius 3 is 1.00 bits per heavy atom. The van der Waals surface area contributed by atoms with Crippen LogP contribution in [0.25, 0.3) is 0 Å². The molecule has 0 bridgehead atoms. The Morgan fingerprint density at radius 1 is 1.00 bits per heavy atom. The Bertz CT molecular complexity index is 69.1. The van der Waals surface area contributed by atoms with Crippen LogP contribution in [0.1, 0.15) is 0 Å². The molecule has 0 rings (SSSR count). The number of hydrogen-bond acceptors (Lipinski definition) is 4. The normalized spacial score (nSPS) is 5.33. The molecule has 0 radical (unpaired) electrons. The first kappa shape index (κ1) is 15.7. The maximum absolute atomic E-state index is 8.36. The molecular weight excluding hydrogens is 151 g/mol. The first-order valence-electron chi connectivity index (χ1n) is 1.13. The van der Waals surface area contributed by atoms with Gasteiger partial charge in [0.1, 0.15) is 0 Å². The van der Waals surface area contributed by atoms with Gasteiger partial charge in [-0.15, -0.1) is 20.2 Å². The second kappa shape index (κ2) is 10.0. The molecule has 0 amide bonds. The van der Waals surface area contributed by atoms with Crippen LogP contribution in [0, 0.1) is 20.2 Å². The zero-order valence-electron chi connectivity index (χ0n) is 3.42. The van der Waals surface area contributed by atoms with Gasteiger partial charge in [0.2, 0.25) is 0 Å². The van der Waals surface area contributed by atoms with Gasteiger partial charge in [0.15, 0.2) is 17.4 Å². The van der Waals surface area contributed by atoms with E-state index in [4.69, 9.17) is 30.6 Å². The predicted octanol–water partition coefficient (Wildman–Crippen LogP) is -1.88. The Labute approximate surface area is 59.1 Å². The van der Waals surface area contributed by atoms with Crippen LogP contribution < -0.4 is 0 Å².